The van der Waals surface area contributed by atoms with Gasteiger partial charge < -0.3 is 9.88 Å². The molecule has 108 valence electrons. The Morgan fingerprint density at radius 1 is 1.25 bits per heavy atom. The number of nitrogens with zero attached hydrogens (tertiary/aromatic N) is 2. The minimum atomic E-state index is 0.120. The van der Waals surface area contributed by atoms with E-state index in [4.69, 9.17) is 0 Å². The summed E-state index contributed by atoms with van der Waals surface area (Å²) in [5.41, 5.74) is 2.79. The molecular weight excluding hydrogens is 246 g/mol. The lowest BCUT2D eigenvalue weighted by Crippen LogP contribution is -2.26. The predicted octanol–water partition coefficient (Wildman–Crippen LogP) is 3.51. The van der Waals surface area contributed by atoms with Gasteiger partial charge >= 0.3 is 0 Å². The number of nitrogens with one attached hydrogen (secondary N) is 1. The molecule has 0 saturated carbocycles. The molecule has 0 saturated heterocycles. The second-order valence-corrected chi connectivity index (χ2v) is 6.13. The normalized spacial score (nSPS) is 13.4. The van der Waals surface area contributed by atoms with Crippen LogP contribution in [0.3, 0.4) is 0 Å². The first-order valence-corrected chi connectivity index (χ1v) is 7.26. The molecule has 0 amide bonds. The maximum Gasteiger partial charge on any atom is 0.130 e. The van der Waals surface area contributed by atoms with Crippen molar-refractivity contribution in [3.63, 3.8) is 0 Å². The zero-order valence-corrected chi connectivity index (χ0v) is 13.1. The molecule has 20 heavy (non-hydrogen) atoms. The van der Waals surface area contributed by atoms with Gasteiger partial charge in [-0.3, -0.25) is 0 Å². The maximum atomic E-state index is 4.56. The van der Waals surface area contributed by atoms with E-state index in [9.17, 15) is 0 Å². The first-order chi connectivity index (χ1) is 9.49. The number of aryl methyl sites for hydroxylation is 1. The van der Waals surface area contributed by atoms with Gasteiger partial charge in [0, 0.05) is 18.9 Å². The molecule has 0 bridgehead atoms. The van der Waals surface area contributed by atoms with Crippen LogP contribution in [0.1, 0.15) is 50.7 Å². The molecule has 1 atom stereocenters. The van der Waals surface area contributed by atoms with Crippen LogP contribution in [-0.4, -0.2) is 16.6 Å². The second kappa shape index (κ2) is 5.80. The average molecular weight is 271 g/mol. The third-order valence-corrected chi connectivity index (χ3v) is 3.72. The number of benzene rings is 1. The van der Waals surface area contributed by atoms with Crippen molar-refractivity contribution in [2.45, 2.75) is 45.7 Å². The van der Waals surface area contributed by atoms with Crippen molar-refractivity contribution >= 4 is 0 Å². The first kappa shape index (κ1) is 14.8. The zero-order chi connectivity index (χ0) is 14.8. The molecule has 1 aromatic carbocycles. The zero-order valence-electron chi connectivity index (χ0n) is 13.1. The molecule has 1 unspecified atom stereocenters. The van der Waals surface area contributed by atoms with Crippen molar-refractivity contribution in [1.29, 1.82) is 0 Å². The van der Waals surface area contributed by atoms with Gasteiger partial charge in [-0.2, -0.15) is 0 Å². The molecular formula is C17H25N3. The van der Waals surface area contributed by atoms with Gasteiger partial charge in [0.1, 0.15) is 5.82 Å². The van der Waals surface area contributed by atoms with Gasteiger partial charge in [-0.1, -0.05) is 45.0 Å². The van der Waals surface area contributed by atoms with E-state index in [0.29, 0.717) is 0 Å². The quantitative estimate of drug-likeness (QED) is 0.922. The van der Waals surface area contributed by atoms with Crippen LogP contribution < -0.4 is 5.32 Å². The second-order valence-electron chi connectivity index (χ2n) is 6.13. The highest BCUT2D eigenvalue weighted by Gasteiger charge is 2.24. The molecule has 1 N–H and O–H groups in total. The van der Waals surface area contributed by atoms with E-state index in [1.165, 1.54) is 11.1 Å². The van der Waals surface area contributed by atoms with Crippen LogP contribution >= 0.6 is 0 Å². The maximum absolute atomic E-state index is 4.56. The summed E-state index contributed by atoms with van der Waals surface area (Å²) in [5, 5.41) is 3.42. The summed E-state index contributed by atoms with van der Waals surface area (Å²) in [4.78, 5) is 4.56. The van der Waals surface area contributed by atoms with Crippen LogP contribution in [0.2, 0.25) is 0 Å². The summed E-state index contributed by atoms with van der Waals surface area (Å²) >= 11 is 0. The first-order valence-electron chi connectivity index (χ1n) is 7.26. The fourth-order valence-corrected chi connectivity index (χ4v) is 2.70. The number of aromatic nitrogens is 2. The SMILES string of the molecule is CCn1ccnc1C(NC)c1ccccc1C(C)(C)C. The Hall–Kier alpha value is -1.61. The van der Waals surface area contributed by atoms with Gasteiger partial charge in [0.2, 0.25) is 0 Å². The summed E-state index contributed by atoms with van der Waals surface area (Å²) in [6.45, 7) is 9.85. The molecule has 0 fully saturated rings. The minimum Gasteiger partial charge on any atom is -0.334 e. The lowest BCUT2D eigenvalue weighted by molar-refractivity contribution is 0.545. The number of hydrogen-bond donors (Lipinski definition) is 1. The summed E-state index contributed by atoms with van der Waals surface area (Å²) in [7, 11) is 2.00. The minimum absolute atomic E-state index is 0.120. The fourth-order valence-electron chi connectivity index (χ4n) is 2.70. The van der Waals surface area contributed by atoms with Crippen molar-refractivity contribution < 1.29 is 0 Å². The highest BCUT2D eigenvalue weighted by atomic mass is 15.1. The Morgan fingerprint density at radius 2 is 1.95 bits per heavy atom. The Labute approximate surface area is 122 Å². The molecule has 0 aliphatic carbocycles. The number of hydrogen-bond acceptors (Lipinski definition) is 2. The molecule has 0 aliphatic rings. The Bertz CT molecular complexity index is 564. The van der Waals surface area contributed by atoms with Crippen molar-refractivity contribution in [2.24, 2.45) is 0 Å². The van der Waals surface area contributed by atoms with Gasteiger partial charge in [0.05, 0.1) is 6.04 Å². The van der Waals surface area contributed by atoms with Gasteiger partial charge in [-0.15, -0.1) is 0 Å². The molecule has 1 aromatic heterocycles. The van der Waals surface area contributed by atoms with Crippen molar-refractivity contribution in [1.82, 2.24) is 14.9 Å². The van der Waals surface area contributed by atoms with Crippen molar-refractivity contribution in [3.8, 4) is 0 Å². The number of rotatable bonds is 4. The van der Waals surface area contributed by atoms with E-state index in [2.05, 4.69) is 66.8 Å². The fraction of sp³-hybridized carbons (Fsp3) is 0.471. The molecule has 3 nitrogen and oxygen atoms in total. The standard InChI is InChI=1S/C17H25N3/c1-6-20-12-11-19-16(20)15(18-5)13-9-7-8-10-14(13)17(2,3)4/h7-12,15,18H,6H2,1-5H3. The Kier molecular flexibility index (Phi) is 4.29. The summed E-state index contributed by atoms with van der Waals surface area (Å²) in [5.74, 6) is 1.08. The summed E-state index contributed by atoms with van der Waals surface area (Å²) < 4.78 is 2.20. The molecule has 0 aliphatic heterocycles. The molecule has 2 aromatic rings. The predicted molar refractivity (Wildman–Crippen MR) is 83.9 cm³/mol. The lowest BCUT2D eigenvalue weighted by atomic mass is 9.81. The Morgan fingerprint density at radius 3 is 2.55 bits per heavy atom. The monoisotopic (exact) mass is 271 g/mol. The Balaban J connectivity index is 2.53. The van der Waals surface area contributed by atoms with E-state index in [1.807, 2.05) is 19.4 Å². The third kappa shape index (κ3) is 2.78. The van der Waals surface area contributed by atoms with Gasteiger partial charge in [-0.25, -0.2) is 4.98 Å². The smallest absolute Gasteiger partial charge is 0.130 e. The molecule has 3 heteroatoms. The highest BCUT2D eigenvalue weighted by Crippen LogP contribution is 2.31. The number of imidazole rings is 1. The van der Waals surface area contributed by atoms with Crippen LogP contribution in [-0.2, 0) is 12.0 Å². The summed E-state index contributed by atoms with van der Waals surface area (Å²) in [6, 6.07) is 8.77. The van der Waals surface area contributed by atoms with E-state index in [1.54, 1.807) is 0 Å². The van der Waals surface area contributed by atoms with Crippen LogP contribution in [0.5, 0.6) is 0 Å². The average Bonchev–Trinajstić information content (AvgIpc) is 2.87. The molecule has 0 radical (unpaired) electrons. The third-order valence-electron chi connectivity index (χ3n) is 3.72. The highest BCUT2D eigenvalue weighted by molar-refractivity contribution is 5.38. The van der Waals surface area contributed by atoms with Crippen LogP contribution in [0, 0.1) is 0 Å². The topological polar surface area (TPSA) is 29.9 Å². The van der Waals surface area contributed by atoms with E-state index < -0.39 is 0 Å². The van der Waals surface area contributed by atoms with Crippen molar-refractivity contribution in [3.05, 3.63) is 53.6 Å². The van der Waals surface area contributed by atoms with Gasteiger partial charge in [0.15, 0.2) is 0 Å². The van der Waals surface area contributed by atoms with Crippen molar-refractivity contribution in [2.75, 3.05) is 7.05 Å². The van der Waals surface area contributed by atoms with Crippen LogP contribution in [0.4, 0.5) is 0 Å². The van der Waals surface area contributed by atoms with Gasteiger partial charge in [0.25, 0.3) is 0 Å². The molecule has 1 heterocycles. The summed E-state index contributed by atoms with van der Waals surface area (Å²) in [6.07, 6.45) is 3.92. The van der Waals surface area contributed by atoms with Crippen LogP contribution in [0.25, 0.3) is 0 Å². The lowest BCUT2D eigenvalue weighted by Gasteiger charge is -2.27. The molecule has 0 spiro atoms. The van der Waals surface area contributed by atoms with Crippen LogP contribution in [0.15, 0.2) is 36.7 Å². The van der Waals surface area contributed by atoms with E-state index >= 15 is 0 Å². The van der Waals surface area contributed by atoms with E-state index in [-0.39, 0.29) is 11.5 Å². The van der Waals surface area contributed by atoms with E-state index in [0.717, 1.165) is 12.4 Å². The molecule has 2 rings (SSSR count). The van der Waals surface area contributed by atoms with Gasteiger partial charge in [-0.05, 0) is 30.5 Å². The largest absolute Gasteiger partial charge is 0.334 e.